The van der Waals surface area contributed by atoms with Gasteiger partial charge in [-0.25, -0.2) is 4.79 Å². The van der Waals surface area contributed by atoms with Crippen LogP contribution in [-0.4, -0.2) is 35.6 Å². The van der Waals surface area contributed by atoms with E-state index in [-0.39, 0.29) is 11.6 Å². The highest BCUT2D eigenvalue weighted by Crippen LogP contribution is 2.18. The van der Waals surface area contributed by atoms with E-state index in [4.69, 9.17) is 13.6 Å². The third-order valence-electron chi connectivity index (χ3n) is 2.10. The number of hydrogen-bond donors (Lipinski definition) is 0. The van der Waals surface area contributed by atoms with Crippen molar-refractivity contribution in [2.24, 2.45) is 0 Å². The average molecular weight is 218 g/mol. The van der Waals surface area contributed by atoms with Gasteiger partial charge in [0.1, 0.15) is 6.10 Å². The number of ether oxygens (including phenoxy) is 1. The van der Waals surface area contributed by atoms with E-state index < -0.39 is 15.3 Å². The van der Waals surface area contributed by atoms with Crippen LogP contribution in [0.1, 0.15) is 13.8 Å². The van der Waals surface area contributed by atoms with Crippen molar-refractivity contribution < 1.29 is 18.4 Å². The van der Waals surface area contributed by atoms with E-state index >= 15 is 0 Å². The largest absolute Gasteiger partial charge is 0.459 e. The zero-order valence-electron chi connectivity index (χ0n) is 9.15. The first-order valence-electron chi connectivity index (χ1n) is 4.45. The highest BCUT2D eigenvalue weighted by Gasteiger charge is 2.27. The van der Waals surface area contributed by atoms with Gasteiger partial charge in [0.05, 0.1) is 0 Å². The smallest absolute Gasteiger partial charge is 0.330 e. The molecule has 0 N–H and O–H groups in total. The quantitative estimate of drug-likeness (QED) is 0.379. The Kier molecular flexibility index (Phi) is 6.43. The molecule has 2 atom stereocenters. The molecule has 0 spiro atoms. The number of rotatable bonds is 6. The molecule has 0 heterocycles. The van der Waals surface area contributed by atoms with E-state index in [0.29, 0.717) is 0 Å². The number of hydrogen-bond acceptors (Lipinski definition) is 4. The maximum absolute atomic E-state index is 10.9. The standard InChI is InChI=1S/C9H18O4Si/c1-6-9(10)13-7(2)8(3)14(11-4)12-5/h6-8,14H,1H2,2-5H3. The second-order valence-corrected chi connectivity index (χ2v) is 5.78. The molecule has 0 aromatic rings. The van der Waals surface area contributed by atoms with Crippen molar-refractivity contribution in [3.63, 3.8) is 0 Å². The van der Waals surface area contributed by atoms with Gasteiger partial charge in [-0.2, -0.15) is 0 Å². The summed E-state index contributed by atoms with van der Waals surface area (Å²) < 4.78 is 15.5. The van der Waals surface area contributed by atoms with Gasteiger partial charge in [-0.3, -0.25) is 0 Å². The summed E-state index contributed by atoms with van der Waals surface area (Å²) >= 11 is 0. The Morgan fingerprint density at radius 2 is 1.86 bits per heavy atom. The first kappa shape index (κ1) is 13.3. The van der Waals surface area contributed by atoms with Crippen LogP contribution in [-0.2, 0) is 18.4 Å². The van der Waals surface area contributed by atoms with Crippen LogP contribution in [0.3, 0.4) is 0 Å². The zero-order valence-corrected chi connectivity index (χ0v) is 10.3. The Morgan fingerprint density at radius 1 is 1.36 bits per heavy atom. The Bertz CT molecular complexity index is 191. The van der Waals surface area contributed by atoms with Crippen LogP contribution in [0, 0.1) is 0 Å². The minimum absolute atomic E-state index is 0.105. The topological polar surface area (TPSA) is 44.8 Å². The normalized spacial score (nSPS) is 14.9. The molecule has 4 nitrogen and oxygen atoms in total. The Labute approximate surface area is 86.7 Å². The summed E-state index contributed by atoms with van der Waals surface area (Å²) in [7, 11) is 1.49. The van der Waals surface area contributed by atoms with Gasteiger partial charge >= 0.3 is 15.3 Å². The highest BCUT2D eigenvalue weighted by molar-refractivity contribution is 6.46. The average Bonchev–Trinajstić information content (AvgIpc) is 2.19. The molecule has 0 amide bonds. The molecule has 0 saturated carbocycles. The summed E-state index contributed by atoms with van der Waals surface area (Å²) in [6.07, 6.45) is 0.941. The van der Waals surface area contributed by atoms with Crippen molar-refractivity contribution in [2.45, 2.75) is 25.5 Å². The van der Waals surface area contributed by atoms with Crippen LogP contribution in [0.25, 0.3) is 0 Å². The molecule has 5 heteroatoms. The van der Waals surface area contributed by atoms with Gasteiger partial charge in [0, 0.05) is 25.8 Å². The van der Waals surface area contributed by atoms with E-state index in [1.54, 1.807) is 14.2 Å². The SMILES string of the molecule is C=CC(=O)OC(C)C(C)[SiH](OC)OC. The molecule has 2 unspecified atom stereocenters. The van der Waals surface area contributed by atoms with Crippen LogP contribution >= 0.6 is 0 Å². The van der Waals surface area contributed by atoms with Crippen LogP contribution in [0.15, 0.2) is 12.7 Å². The lowest BCUT2D eigenvalue weighted by atomic mass is 10.3. The van der Waals surface area contributed by atoms with Gasteiger partial charge in [-0.05, 0) is 6.92 Å². The fraction of sp³-hybridized carbons (Fsp3) is 0.667. The Morgan fingerprint density at radius 3 is 2.21 bits per heavy atom. The fourth-order valence-electron chi connectivity index (χ4n) is 1.09. The van der Waals surface area contributed by atoms with Crippen LogP contribution < -0.4 is 0 Å². The molecular formula is C9H18O4Si. The second-order valence-electron chi connectivity index (χ2n) is 3.05. The van der Waals surface area contributed by atoms with Crippen molar-refractivity contribution in [1.29, 1.82) is 0 Å². The molecule has 82 valence electrons. The minimum atomic E-state index is -1.73. The lowest BCUT2D eigenvalue weighted by Gasteiger charge is -2.24. The third kappa shape index (κ3) is 4.04. The molecule has 0 saturated heterocycles. The van der Waals surface area contributed by atoms with Gasteiger partial charge in [-0.15, -0.1) is 0 Å². The summed E-state index contributed by atoms with van der Waals surface area (Å²) in [5.41, 5.74) is 0.105. The number of esters is 1. The van der Waals surface area contributed by atoms with Gasteiger partial charge in [-0.1, -0.05) is 13.5 Å². The first-order chi connectivity index (χ1) is 6.56. The molecule has 0 fully saturated rings. The molecule has 0 bridgehead atoms. The van der Waals surface area contributed by atoms with Crippen molar-refractivity contribution in [2.75, 3.05) is 14.2 Å². The maximum atomic E-state index is 10.9. The third-order valence-corrected chi connectivity index (χ3v) is 4.43. The van der Waals surface area contributed by atoms with Gasteiger partial charge < -0.3 is 13.6 Å². The summed E-state index contributed by atoms with van der Waals surface area (Å²) in [6.45, 7) is 7.11. The summed E-state index contributed by atoms with van der Waals surface area (Å²) in [4.78, 5) is 10.9. The summed E-state index contributed by atoms with van der Waals surface area (Å²) in [6, 6.07) is 0. The molecule has 0 aliphatic rings. The monoisotopic (exact) mass is 218 g/mol. The molecule has 0 aliphatic heterocycles. The Balaban J connectivity index is 4.15. The highest BCUT2D eigenvalue weighted by atomic mass is 28.3. The lowest BCUT2D eigenvalue weighted by Crippen LogP contribution is -2.33. The zero-order chi connectivity index (χ0) is 11.1. The first-order valence-corrected chi connectivity index (χ1v) is 6.06. The van der Waals surface area contributed by atoms with E-state index in [2.05, 4.69) is 6.58 Å². The van der Waals surface area contributed by atoms with Crippen LogP contribution in [0.2, 0.25) is 5.54 Å². The van der Waals surface area contributed by atoms with Crippen molar-refractivity contribution in [1.82, 2.24) is 0 Å². The summed E-state index contributed by atoms with van der Waals surface area (Å²) in [5.74, 6) is -0.413. The van der Waals surface area contributed by atoms with E-state index in [1.807, 2.05) is 13.8 Å². The fourth-order valence-corrected chi connectivity index (χ4v) is 2.66. The molecule has 0 aromatic heterocycles. The molecule has 0 rings (SSSR count). The van der Waals surface area contributed by atoms with Crippen molar-refractivity contribution in [3.05, 3.63) is 12.7 Å². The van der Waals surface area contributed by atoms with Gasteiger partial charge in [0.25, 0.3) is 0 Å². The van der Waals surface area contributed by atoms with Crippen LogP contribution in [0.4, 0.5) is 0 Å². The molecule has 0 aromatic carbocycles. The molecular weight excluding hydrogens is 200 g/mol. The van der Waals surface area contributed by atoms with E-state index in [0.717, 1.165) is 6.08 Å². The van der Waals surface area contributed by atoms with Crippen LogP contribution in [0.5, 0.6) is 0 Å². The predicted octanol–water partition coefficient (Wildman–Crippen LogP) is 1.01. The molecule has 0 aliphatic carbocycles. The van der Waals surface area contributed by atoms with Crippen molar-refractivity contribution >= 4 is 15.3 Å². The van der Waals surface area contributed by atoms with Crippen molar-refractivity contribution in [3.8, 4) is 0 Å². The van der Waals surface area contributed by atoms with E-state index in [9.17, 15) is 4.79 Å². The molecule has 14 heavy (non-hydrogen) atoms. The number of carbonyl (C=O) groups excluding carboxylic acids is 1. The van der Waals surface area contributed by atoms with Gasteiger partial charge in [0.15, 0.2) is 0 Å². The second kappa shape index (κ2) is 6.75. The summed E-state index contributed by atoms with van der Waals surface area (Å²) in [5, 5.41) is 0. The predicted molar refractivity (Wildman–Crippen MR) is 56.3 cm³/mol. The number of carbonyl (C=O) groups is 1. The lowest BCUT2D eigenvalue weighted by molar-refractivity contribution is -0.142. The maximum Gasteiger partial charge on any atom is 0.330 e. The van der Waals surface area contributed by atoms with Gasteiger partial charge in [0.2, 0.25) is 0 Å². The molecule has 0 radical (unpaired) electrons. The Hall–Kier alpha value is -0.653. The van der Waals surface area contributed by atoms with E-state index in [1.165, 1.54) is 0 Å². The minimum Gasteiger partial charge on any atom is -0.459 e.